The van der Waals surface area contributed by atoms with Gasteiger partial charge in [-0.15, -0.1) is 0 Å². The molecule has 0 aliphatic carbocycles. The molecule has 1 atom stereocenters. The molecule has 0 aromatic heterocycles. The summed E-state index contributed by atoms with van der Waals surface area (Å²) in [6.07, 6.45) is 2.88. The Morgan fingerprint density at radius 3 is 2.11 bits per heavy atom. The third-order valence-corrected chi connectivity index (χ3v) is 0.923. The Morgan fingerprint density at radius 2 is 2.00 bits per heavy atom. The van der Waals surface area contributed by atoms with E-state index in [4.69, 9.17) is 5.26 Å². The normalized spacial score (nSPS) is 10.1. The van der Waals surface area contributed by atoms with E-state index in [9.17, 15) is 0 Å². The van der Waals surface area contributed by atoms with Crippen LogP contribution in [0.4, 0.5) is 0 Å². The molecule has 0 aromatic rings. The second-order valence-electron chi connectivity index (χ2n) is 1.57. The monoisotopic (exact) mass is 128 g/mol. The molecule has 0 aromatic carbocycles. The molecular weight excluding hydrogens is 112 g/mol. The molecule has 0 rings (SSSR count). The van der Waals surface area contributed by atoms with Crippen LogP contribution in [0.25, 0.3) is 0 Å². The van der Waals surface area contributed by atoms with Crippen molar-refractivity contribution in [3.05, 3.63) is 0 Å². The van der Waals surface area contributed by atoms with Crippen molar-refractivity contribution in [3.63, 3.8) is 0 Å². The number of nitrogens with zero attached hydrogens (tertiary/aromatic N) is 1. The Bertz CT molecular complexity index is 73.5. The molecule has 0 aliphatic heterocycles. The van der Waals surface area contributed by atoms with Crippen molar-refractivity contribution in [2.24, 2.45) is 0 Å². The van der Waals surface area contributed by atoms with Gasteiger partial charge in [0.2, 0.25) is 0 Å². The second-order valence-corrected chi connectivity index (χ2v) is 1.57. The van der Waals surface area contributed by atoms with E-state index in [1.807, 2.05) is 33.9 Å². The molecule has 2 nitrogen and oxygen atoms in total. The SMILES string of the molecule is CC.CCC(C)NC#N. The number of nitrogens with one attached hydrogen (secondary N) is 1. The summed E-state index contributed by atoms with van der Waals surface area (Å²) >= 11 is 0. The summed E-state index contributed by atoms with van der Waals surface area (Å²) in [7, 11) is 0. The maximum absolute atomic E-state index is 8.01. The number of rotatable bonds is 2. The number of hydrogen-bond acceptors (Lipinski definition) is 2. The Morgan fingerprint density at radius 1 is 1.56 bits per heavy atom. The number of hydrogen-bond donors (Lipinski definition) is 1. The quantitative estimate of drug-likeness (QED) is 0.455. The summed E-state index contributed by atoms with van der Waals surface area (Å²) in [6, 6.07) is 0.338. The zero-order chi connectivity index (χ0) is 7.70. The number of nitriles is 1. The molecular formula is C7H16N2. The average Bonchev–Trinajstić information content (AvgIpc) is 1.93. The van der Waals surface area contributed by atoms with Crippen molar-refractivity contribution in [2.75, 3.05) is 0 Å². The van der Waals surface area contributed by atoms with Gasteiger partial charge >= 0.3 is 0 Å². The Balaban J connectivity index is 0. The minimum Gasteiger partial charge on any atom is -0.321 e. The van der Waals surface area contributed by atoms with E-state index in [1.165, 1.54) is 0 Å². The molecule has 0 bridgehead atoms. The third kappa shape index (κ3) is 11.1. The van der Waals surface area contributed by atoms with Crippen LogP contribution in [0.1, 0.15) is 34.1 Å². The van der Waals surface area contributed by atoms with Crippen LogP contribution in [-0.2, 0) is 0 Å². The fourth-order valence-electron chi connectivity index (χ4n) is 0.212. The molecule has 0 radical (unpaired) electrons. The van der Waals surface area contributed by atoms with Crippen LogP contribution in [-0.4, -0.2) is 6.04 Å². The molecule has 0 amide bonds. The molecule has 0 saturated carbocycles. The first-order chi connectivity index (χ1) is 4.31. The van der Waals surface area contributed by atoms with Gasteiger partial charge in [-0.25, -0.2) is 0 Å². The minimum absolute atomic E-state index is 0.338. The van der Waals surface area contributed by atoms with Crippen molar-refractivity contribution in [1.29, 1.82) is 5.26 Å². The summed E-state index contributed by atoms with van der Waals surface area (Å²) in [5.74, 6) is 0. The van der Waals surface area contributed by atoms with Gasteiger partial charge in [0, 0.05) is 6.04 Å². The second kappa shape index (κ2) is 10.3. The molecule has 0 aliphatic rings. The highest BCUT2D eigenvalue weighted by Gasteiger charge is 1.89. The highest BCUT2D eigenvalue weighted by Crippen LogP contribution is 1.83. The highest BCUT2D eigenvalue weighted by molar-refractivity contribution is 4.70. The molecule has 2 heteroatoms. The van der Waals surface area contributed by atoms with Gasteiger partial charge in [0.05, 0.1) is 0 Å². The van der Waals surface area contributed by atoms with Crippen LogP contribution in [0.2, 0.25) is 0 Å². The van der Waals surface area contributed by atoms with Crippen LogP contribution in [0.15, 0.2) is 0 Å². The first-order valence-electron chi connectivity index (χ1n) is 3.45. The van der Waals surface area contributed by atoms with E-state index < -0.39 is 0 Å². The van der Waals surface area contributed by atoms with Crippen LogP contribution in [0, 0.1) is 11.5 Å². The topological polar surface area (TPSA) is 35.8 Å². The predicted molar refractivity (Wildman–Crippen MR) is 39.8 cm³/mol. The largest absolute Gasteiger partial charge is 0.321 e. The average molecular weight is 128 g/mol. The molecule has 0 heterocycles. The van der Waals surface area contributed by atoms with Crippen LogP contribution < -0.4 is 5.32 Å². The summed E-state index contributed by atoms with van der Waals surface area (Å²) in [5, 5.41) is 10.6. The third-order valence-electron chi connectivity index (χ3n) is 0.923. The summed E-state index contributed by atoms with van der Waals surface area (Å²) in [5.41, 5.74) is 0. The minimum atomic E-state index is 0.338. The van der Waals surface area contributed by atoms with Gasteiger partial charge in [-0.3, -0.25) is 0 Å². The van der Waals surface area contributed by atoms with Crippen LogP contribution in [0.5, 0.6) is 0 Å². The first-order valence-corrected chi connectivity index (χ1v) is 3.45. The van der Waals surface area contributed by atoms with E-state index in [0.29, 0.717) is 6.04 Å². The summed E-state index contributed by atoms with van der Waals surface area (Å²) < 4.78 is 0. The fraction of sp³-hybridized carbons (Fsp3) is 0.857. The maximum Gasteiger partial charge on any atom is 0.176 e. The van der Waals surface area contributed by atoms with Crippen molar-refractivity contribution in [2.45, 2.75) is 40.2 Å². The van der Waals surface area contributed by atoms with Gasteiger partial charge in [0.15, 0.2) is 6.19 Å². The van der Waals surface area contributed by atoms with Gasteiger partial charge in [0.1, 0.15) is 0 Å². The molecule has 0 spiro atoms. The fourth-order valence-corrected chi connectivity index (χ4v) is 0.212. The molecule has 1 N–H and O–H groups in total. The van der Waals surface area contributed by atoms with Gasteiger partial charge in [-0.2, -0.15) is 5.26 Å². The van der Waals surface area contributed by atoms with E-state index in [1.54, 1.807) is 0 Å². The smallest absolute Gasteiger partial charge is 0.176 e. The highest BCUT2D eigenvalue weighted by atomic mass is 14.9. The van der Waals surface area contributed by atoms with Crippen molar-refractivity contribution in [3.8, 4) is 6.19 Å². The first kappa shape index (κ1) is 11.1. The Labute approximate surface area is 57.9 Å². The lowest BCUT2D eigenvalue weighted by molar-refractivity contribution is 0.627. The maximum atomic E-state index is 8.01. The molecule has 54 valence electrons. The van der Waals surface area contributed by atoms with Crippen LogP contribution >= 0.6 is 0 Å². The Kier molecular flexibility index (Phi) is 12.8. The van der Waals surface area contributed by atoms with E-state index in [-0.39, 0.29) is 0 Å². The van der Waals surface area contributed by atoms with Gasteiger partial charge in [-0.1, -0.05) is 20.8 Å². The van der Waals surface area contributed by atoms with Gasteiger partial charge in [-0.05, 0) is 13.3 Å². The van der Waals surface area contributed by atoms with E-state index in [2.05, 4.69) is 5.32 Å². The van der Waals surface area contributed by atoms with Crippen molar-refractivity contribution < 1.29 is 0 Å². The summed E-state index contributed by atoms with van der Waals surface area (Å²) in [6.45, 7) is 8.01. The Hall–Kier alpha value is -0.710. The van der Waals surface area contributed by atoms with E-state index in [0.717, 1.165) is 6.42 Å². The van der Waals surface area contributed by atoms with Crippen molar-refractivity contribution >= 4 is 0 Å². The summed E-state index contributed by atoms with van der Waals surface area (Å²) in [4.78, 5) is 0. The molecule has 0 fully saturated rings. The molecule has 1 unspecified atom stereocenters. The van der Waals surface area contributed by atoms with Crippen molar-refractivity contribution in [1.82, 2.24) is 5.32 Å². The molecule has 0 saturated heterocycles. The zero-order valence-electron chi connectivity index (χ0n) is 6.73. The molecule has 9 heavy (non-hydrogen) atoms. The predicted octanol–water partition coefficient (Wildman–Crippen LogP) is 1.88. The van der Waals surface area contributed by atoms with E-state index >= 15 is 0 Å². The zero-order valence-corrected chi connectivity index (χ0v) is 6.73. The lowest BCUT2D eigenvalue weighted by atomic mass is 10.3. The lowest BCUT2D eigenvalue weighted by Crippen LogP contribution is -2.18. The standard InChI is InChI=1S/C5H10N2.C2H6/c1-3-5(2)7-4-6;1-2/h5,7H,3H2,1-2H3;1-2H3. The van der Waals surface area contributed by atoms with Gasteiger partial charge < -0.3 is 5.32 Å². The van der Waals surface area contributed by atoms with Gasteiger partial charge in [0.25, 0.3) is 0 Å². The van der Waals surface area contributed by atoms with Crippen LogP contribution in [0.3, 0.4) is 0 Å². The lowest BCUT2D eigenvalue weighted by Gasteiger charge is -2.01.